The van der Waals surface area contributed by atoms with Crippen LogP contribution in [0, 0.1) is 25.2 Å². The highest BCUT2D eigenvalue weighted by Gasteiger charge is 2.32. The molecule has 1 aromatic rings. The smallest absolute Gasteiger partial charge is 0.327 e. The SMILES string of the molecule is Cc1c(C#N)c(NC(=O)CN2CCN(CC(F)(F)F)CC2)n(C2CCCCC2)c1C. The molecule has 30 heavy (non-hydrogen) atoms. The Bertz CT molecular complexity index is 797. The number of nitrogens with zero attached hydrogens (tertiary/aromatic N) is 4. The van der Waals surface area contributed by atoms with E-state index in [-0.39, 0.29) is 31.6 Å². The summed E-state index contributed by atoms with van der Waals surface area (Å²) in [5, 5.41) is 12.6. The monoisotopic (exact) mass is 425 g/mol. The third-order valence-electron chi connectivity index (χ3n) is 6.30. The van der Waals surface area contributed by atoms with Crippen molar-refractivity contribution in [3.63, 3.8) is 0 Å². The van der Waals surface area contributed by atoms with Crippen molar-refractivity contribution in [3.05, 3.63) is 16.8 Å². The van der Waals surface area contributed by atoms with Gasteiger partial charge < -0.3 is 9.88 Å². The molecule has 0 bridgehead atoms. The van der Waals surface area contributed by atoms with Crippen LogP contribution in [0.5, 0.6) is 0 Å². The molecule has 0 unspecified atom stereocenters. The lowest BCUT2D eigenvalue weighted by atomic mass is 9.95. The van der Waals surface area contributed by atoms with Crippen LogP contribution >= 0.6 is 0 Å². The number of hydrogen-bond acceptors (Lipinski definition) is 4. The number of nitriles is 1. The number of halogens is 3. The van der Waals surface area contributed by atoms with Gasteiger partial charge in [0.1, 0.15) is 11.9 Å². The Morgan fingerprint density at radius 3 is 2.27 bits per heavy atom. The van der Waals surface area contributed by atoms with Gasteiger partial charge in [-0.05, 0) is 32.3 Å². The maximum absolute atomic E-state index is 12.7. The molecule has 0 aromatic carbocycles. The van der Waals surface area contributed by atoms with Gasteiger partial charge in [0.05, 0.1) is 18.7 Å². The van der Waals surface area contributed by atoms with Crippen molar-refractivity contribution in [1.29, 1.82) is 5.26 Å². The van der Waals surface area contributed by atoms with Gasteiger partial charge in [-0.3, -0.25) is 14.6 Å². The molecule has 0 radical (unpaired) electrons. The van der Waals surface area contributed by atoms with Crippen LogP contribution in [0.3, 0.4) is 0 Å². The lowest BCUT2D eigenvalue weighted by Gasteiger charge is -2.34. The molecule has 1 aliphatic carbocycles. The van der Waals surface area contributed by atoms with E-state index < -0.39 is 12.7 Å². The summed E-state index contributed by atoms with van der Waals surface area (Å²) < 4.78 is 39.7. The average molecular weight is 425 g/mol. The molecule has 9 heteroatoms. The molecule has 6 nitrogen and oxygen atoms in total. The van der Waals surface area contributed by atoms with Crippen LogP contribution in [0.15, 0.2) is 0 Å². The lowest BCUT2D eigenvalue weighted by molar-refractivity contribution is -0.149. The van der Waals surface area contributed by atoms with Crippen LogP contribution in [0.25, 0.3) is 0 Å². The molecule has 2 heterocycles. The number of aromatic nitrogens is 1. The minimum Gasteiger partial charge on any atom is -0.327 e. The van der Waals surface area contributed by atoms with Crippen LogP contribution in [-0.2, 0) is 4.79 Å². The first-order valence-electron chi connectivity index (χ1n) is 10.6. The van der Waals surface area contributed by atoms with Gasteiger partial charge in [-0.15, -0.1) is 0 Å². The predicted octanol–water partition coefficient (Wildman–Crippen LogP) is 3.60. The third kappa shape index (κ3) is 5.35. The zero-order valence-corrected chi connectivity index (χ0v) is 17.7. The summed E-state index contributed by atoms with van der Waals surface area (Å²) in [5.41, 5.74) is 2.40. The van der Waals surface area contributed by atoms with Crippen molar-refractivity contribution in [2.75, 3.05) is 44.6 Å². The minimum absolute atomic E-state index is 0.110. The van der Waals surface area contributed by atoms with Crippen LogP contribution in [-0.4, -0.2) is 65.7 Å². The number of anilines is 1. The van der Waals surface area contributed by atoms with Gasteiger partial charge in [-0.2, -0.15) is 18.4 Å². The molecule has 1 aromatic heterocycles. The molecule has 0 atom stereocenters. The summed E-state index contributed by atoms with van der Waals surface area (Å²) in [6.07, 6.45) is 1.35. The van der Waals surface area contributed by atoms with E-state index in [0.29, 0.717) is 24.5 Å². The normalized spacial score (nSPS) is 19.6. The number of carbonyl (C=O) groups excluding carboxylic acids is 1. The average Bonchev–Trinajstić information content (AvgIpc) is 2.92. The second kappa shape index (κ2) is 9.40. The second-order valence-electron chi connectivity index (χ2n) is 8.42. The van der Waals surface area contributed by atoms with Gasteiger partial charge in [0, 0.05) is 37.9 Å². The standard InChI is InChI=1S/C21H30F3N5O/c1-15-16(2)29(17-6-4-3-5-7-17)20(18(15)12-25)26-19(30)13-27-8-10-28(11-9-27)14-21(22,23)24/h17H,3-11,13-14H2,1-2H3,(H,26,30). The number of hydrogen-bond donors (Lipinski definition) is 1. The molecule has 3 rings (SSSR count). The zero-order chi connectivity index (χ0) is 21.9. The van der Waals surface area contributed by atoms with E-state index in [2.05, 4.69) is 16.0 Å². The van der Waals surface area contributed by atoms with E-state index in [1.165, 1.54) is 11.3 Å². The Morgan fingerprint density at radius 2 is 1.70 bits per heavy atom. The summed E-state index contributed by atoms with van der Waals surface area (Å²) in [7, 11) is 0. The number of alkyl halides is 3. The van der Waals surface area contributed by atoms with Gasteiger partial charge >= 0.3 is 6.18 Å². The van der Waals surface area contributed by atoms with Crippen molar-refractivity contribution in [1.82, 2.24) is 14.4 Å². The van der Waals surface area contributed by atoms with Crippen LogP contribution < -0.4 is 5.32 Å². The fourth-order valence-electron chi connectivity index (χ4n) is 4.62. The third-order valence-corrected chi connectivity index (χ3v) is 6.30. The summed E-state index contributed by atoms with van der Waals surface area (Å²) in [4.78, 5) is 16.0. The molecule has 1 saturated heterocycles. The van der Waals surface area contributed by atoms with Crippen molar-refractivity contribution in [2.24, 2.45) is 0 Å². The fourth-order valence-corrected chi connectivity index (χ4v) is 4.62. The first kappa shape index (κ1) is 22.6. The molecular weight excluding hydrogens is 395 g/mol. The summed E-state index contributed by atoms with van der Waals surface area (Å²) >= 11 is 0. The van der Waals surface area contributed by atoms with Crippen molar-refractivity contribution in [3.8, 4) is 6.07 Å². The Hall–Kier alpha value is -2.05. The summed E-state index contributed by atoms with van der Waals surface area (Å²) in [6.45, 7) is 4.49. The van der Waals surface area contributed by atoms with E-state index >= 15 is 0 Å². The topological polar surface area (TPSA) is 64.3 Å². The predicted molar refractivity (Wildman–Crippen MR) is 108 cm³/mol. The summed E-state index contributed by atoms with van der Waals surface area (Å²) in [5.74, 6) is 0.338. The van der Waals surface area contributed by atoms with Crippen LogP contribution in [0.2, 0.25) is 0 Å². The zero-order valence-electron chi connectivity index (χ0n) is 17.7. The molecule has 2 aliphatic rings. The highest BCUT2D eigenvalue weighted by molar-refractivity contribution is 5.93. The van der Waals surface area contributed by atoms with E-state index in [9.17, 15) is 23.2 Å². The Morgan fingerprint density at radius 1 is 1.10 bits per heavy atom. The second-order valence-corrected chi connectivity index (χ2v) is 8.42. The molecule has 2 fully saturated rings. The lowest BCUT2D eigenvalue weighted by Crippen LogP contribution is -2.50. The Balaban J connectivity index is 1.65. The molecule has 1 saturated carbocycles. The van der Waals surface area contributed by atoms with E-state index in [1.54, 1.807) is 0 Å². The number of piperazine rings is 1. The molecule has 166 valence electrons. The van der Waals surface area contributed by atoms with Gasteiger partial charge in [-0.1, -0.05) is 19.3 Å². The van der Waals surface area contributed by atoms with Crippen LogP contribution in [0.1, 0.15) is 55.0 Å². The fraction of sp³-hybridized carbons (Fsp3) is 0.714. The molecule has 1 aliphatic heterocycles. The van der Waals surface area contributed by atoms with Crippen molar-refractivity contribution >= 4 is 11.7 Å². The number of carbonyl (C=O) groups is 1. The number of amides is 1. The van der Waals surface area contributed by atoms with Crippen molar-refractivity contribution in [2.45, 2.75) is 58.2 Å². The first-order valence-corrected chi connectivity index (χ1v) is 10.6. The van der Waals surface area contributed by atoms with E-state index in [4.69, 9.17) is 0 Å². The largest absolute Gasteiger partial charge is 0.401 e. The highest BCUT2D eigenvalue weighted by Crippen LogP contribution is 2.36. The Labute approximate surface area is 175 Å². The molecule has 1 amide bonds. The van der Waals surface area contributed by atoms with Crippen LogP contribution in [0.4, 0.5) is 19.0 Å². The van der Waals surface area contributed by atoms with Gasteiger partial charge in [-0.25, -0.2) is 0 Å². The number of nitrogens with one attached hydrogen (secondary N) is 1. The van der Waals surface area contributed by atoms with E-state index in [0.717, 1.165) is 36.9 Å². The first-order chi connectivity index (χ1) is 14.2. The minimum atomic E-state index is -4.20. The van der Waals surface area contributed by atoms with Crippen molar-refractivity contribution < 1.29 is 18.0 Å². The molecule has 1 N–H and O–H groups in total. The maximum atomic E-state index is 12.7. The van der Waals surface area contributed by atoms with Gasteiger partial charge in [0.15, 0.2) is 0 Å². The molecular formula is C21H30F3N5O. The van der Waals surface area contributed by atoms with Gasteiger partial charge in [0.25, 0.3) is 0 Å². The van der Waals surface area contributed by atoms with E-state index in [1.807, 2.05) is 18.7 Å². The molecule has 0 spiro atoms. The Kier molecular flexibility index (Phi) is 7.09. The van der Waals surface area contributed by atoms with Gasteiger partial charge in [0.2, 0.25) is 5.91 Å². The highest BCUT2D eigenvalue weighted by atomic mass is 19.4. The number of rotatable bonds is 5. The summed E-state index contributed by atoms with van der Waals surface area (Å²) in [6, 6.07) is 2.52. The maximum Gasteiger partial charge on any atom is 0.401 e. The quantitative estimate of drug-likeness (QED) is 0.783.